The van der Waals surface area contributed by atoms with Crippen LogP contribution in [0.15, 0.2) is 60.7 Å². The van der Waals surface area contributed by atoms with Crippen LogP contribution in [-0.4, -0.2) is 49.4 Å². The summed E-state index contributed by atoms with van der Waals surface area (Å²) in [6.07, 6.45) is 1.66. The van der Waals surface area contributed by atoms with Crippen LogP contribution in [0, 0.1) is 0 Å². The minimum Gasteiger partial charge on any atom is -0.444 e. The molecule has 216 valence electrons. The molecule has 1 heterocycles. The molecule has 1 unspecified atom stereocenters. The number of benzene rings is 3. The molecule has 0 fully saturated rings. The first-order valence-electron chi connectivity index (χ1n) is 13.5. The molecule has 8 nitrogen and oxygen atoms in total. The Morgan fingerprint density at radius 1 is 0.951 bits per heavy atom. The van der Waals surface area contributed by atoms with E-state index >= 15 is 0 Å². The van der Waals surface area contributed by atoms with Crippen molar-refractivity contribution in [1.29, 1.82) is 0 Å². The van der Waals surface area contributed by atoms with Gasteiger partial charge in [0.15, 0.2) is 11.6 Å². The van der Waals surface area contributed by atoms with Crippen molar-refractivity contribution in [1.82, 2.24) is 4.90 Å². The first-order valence-corrected chi connectivity index (χ1v) is 15.4. The third-order valence-electron chi connectivity index (χ3n) is 6.94. The van der Waals surface area contributed by atoms with E-state index in [0.29, 0.717) is 36.2 Å². The monoisotopic (exact) mass is 576 g/mol. The van der Waals surface area contributed by atoms with E-state index in [-0.39, 0.29) is 11.6 Å². The number of carbonyl (C=O) groups excluding carboxylic acids is 3. The number of nitrogens with zero attached hydrogens (tertiary/aromatic N) is 1. The van der Waals surface area contributed by atoms with Gasteiger partial charge in [0.2, 0.25) is 10.0 Å². The second-order valence-corrected chi connectivity index (χ2v) is 13.2. The van der Waals surface area contributed by atoms with Crippen LogP contribution in [0.2, 0.25) is 0 Å². The number of hydrogen-bond acceptors (Lipinski definition) is 6. The molecule has 9 heteroatoms. The lowest BCUT2D eigenvalue weighted by atomic mass is 9.84. The van der Waals surface area contributed by atoms with Crippen molar-refractivity contribution in [3.05, 3.63) is 88.5 Å². The number of anilines is 1. The molecule has 3 aromatic rings. The summed E-state index contributed by atoms with van der Waals surface area (Å²) in [4.78, 5) is 39.9. The number of fused-ring (bicyclic) bond motifs is 1. The predicted molar refractivity (Wildman–Crippen MR) is 160 cm³/mol. The van der Waals surface area contributed by atoms with Gasteiger partial charge in [-0.15, -0.1) is 0 Å². The highest BCUT2D eigenvalue weighted by Gasteiger charge is 2.35. The lowest BCUT2D eigenvalue weighted by molar-refractivity contribution is 0.0141. The molecule has 1 amide bonds. The van der Waals surface area contributed by atoms with Crippen molar-refractivity contribution >= 4 is 33.4 Å². The largest absolute Gasteiger partial charge is 0.444 e. The summed E-state index contributed by atoms with van der Waals surface area (Å²) < 4.78 is 32.0. The van der Waals surface area contributed by atoms with Crippen molar-refractivity contribution in [2.45, 2.75) is 59.1 Å². The van der Waals surface area contributed by atoms with Crippen LogP contribution in [0.25, 0.3) is 11.1 Å². The van der Waals surface area contributed by atoms with Gasteiger partial charge in [-0.3, -0.25) is 14.3 Å². The molecule has 1 aliphatic rings. The van der Waals surface area contributed by atoms with Crippen LogP contribution in [0.4, 0.5) is 10.5 Å². The van der Waals surface area contributed by atoms with Crippen molar-refractivity contribution in [2.75, 3.05) is 17.5 Å². The van der Waals surface area contributed by atoms with Gasteiger partial charge in [0.1, 0.15) is 5.60 Å². The molecular weight excluding hydrogens is 540 g/mol. The van der Waals surface area contributed by atoms with E-state index in [2.05, 4.69) is 4.72 Å². The summed E-state index contributed by atoms with van der Waals surface area (Å²) in [6, 6.07) is 18.0. The summed E-state index contributed by atoms with van der Waals surface area (Å²) in [5.41, 5.74) is 4.81. The molecule has 1 N–H and O–H groups in total. The first kappa shape index (κ1) is 30.0. The number of ether oxygens (including phenoxy) is 1. The van der Waals surface area contributed by atoms with Gasteiger partial charge in [0.05, 0.1) is 18.0 Å². The van der Waals surface area contributed by atoms with Crippen molar-refractivity contribution in [3.63, 3.8) is 0 Å². The third kappa shape index (κ3) is 7.21. The molecule has 1 aliphatic heterocycles. The molecule has 1 atom stereocenters. The highest BCUT2D eigenvalue weighted by Crippen LogP contribution is 2.37. The lowest BCUT2D eigenvalue weighted by Gasteiger charge is -2.38. The minimum absolute atomic E-state index is 0.176. The van der Waals surface area contributed by atoms with Crippen LogP contribution in [-0.2, 0) is 27.6 Å². The molecule has 0 spiro atoms. The Morgan fingerprint density at radius 2 is 1.56 bits per heavy atom. The lowest BCUT2D eigenvalue weighted by Crippen LogP contribution is -2.44. The fourth-order valence-corrected chi connectivity index (χ4v) is 5.74. The van der Waals surface area contributed by atoms with E-state index in [9.17, 15) is 22.8 Å². The number of sulfonamides is 1. The number of ketones is 2. The highest BCUT2D eigenvalue weighted by atomic mass is 32.2. The van der Waals surface area contributed by atoms with Crippen molar-refractivity contribution in [3.8, 4) is 11.1 Å². The Morgan fingerprint density at radius 3 is 2.15 bits per heavy atom. The maximum atomic E-state index is 13.3. The number of nitrogens with one attached hydrogen (secondary N) is 1. The smallest absolute Gasteiger partial charge is 0.410 e. The summed E-state index contributed by atoms with van der Waals surface area (Å²) in [5.74, 6) is -0.387. The fourth-order valence-electron chi connectivity index (χ4n) is 5.16. The number of carbonyl (C=O) groups is 3. The maximum Gasteiger partial charge on any atom is 0.410 e. The highest BCUT2D eigenvalue weighted by molar-refractivity contribution is 7.92. The van der Waals surface area contributed by atoms with Crippen molar-refractivity contribution < 1.29 is 27.5 Å². The number of amides is 1. The van der Waals surface area contributed by atoms with E-state index in [0.717, 1.165) is 34.1 Å². The van der Waals surface area contributed by atoms with Crippen LogP contribution in [0.5, 0.6) is 0 Å². The van der Waals surface area contributed by atoms with Gasteiger partial charge in [-0.2, -0.15) is 0 Å². The molecule has 0 aliphatic carbocycles. The Hall–Kier alpha value is -3.98. The molecule has 0 bridgehead atoms. The zero-order chi connectivity index (χ0) is 30.1. The molecule has 0 radical (unpaired) electrons. The van der Waals surface area contributed by atoms with Gasteiger partial charge in [-0.1, -0.05) is 42.5 Å². The first-order chi connectivity index (χ1) is 19.1. The second kappa shape index (κ2) is 11.5. The number of hydrogen-bond donors (Lipinski definition) is 1. The van der Waals surface area contributed by atoms with Gasteiger partial charge in [0, 0.05) is 23.2 Å². The molecule has 0 aromatic heterocycles. The summed E-state index contributed by atoms with van der Waals surface area (Å²) in [6.45, 7) is 8.76. The molecule has 3 aromatic carbocycles. The van der Waals surface area contributed by atoms with Crippen LogP contribution in [0.1, 0.15) is 78.1 Å². The van der Waals surface area contributed by atoms with Gasteiger partial charge in [0.25, 0.3) is 0 Å². The normalized spacial score (nSPS) is 15.2. The standard InChI is InChI=1S/C32H36N2O6S/c1-20(35)26-18-24-15-16-34(31(37)40-32(3,4)5)30(28(24)19-27(26)21(2)36)17-22-11-13-23(14-12-22)25-9-7-8-10-29(25)33-41(6,38)39/h7-14,18-19,30,33H,15-17H2,1-6H3. The van der Waals surface area contributed by atoms with Gasteiger partial charge in [-0.25, -0.2) is 13.2 Å². The molecule has 4 rings (SSSR count). The van der Waals surface area contributed by atoms with Crippen LogP contribution in [0.3, 0.4) is 0 Å². The van der Waals surface area contributed by atoms with E-state index in [4.69, 9.17) is 4.74 Å². The number of Topliss-reactive ketones (excluding diaryl/α,β-unsaturated/α-hetero) is 2. The Kier molecular flexibility index (Phi) is 8.40. The summed E-state index contributed by atoms with van der Waals surface area (Å²) in [5, 5.41) is 0. The number of para-hydroxylation sites is 1. The van der Waals surface area contributed by atoms with Gasteiger partial charge < -0.3 is 9.64 Å². The number of rotatable bonds is 7. The Bertz CT molecular complexity index is 1600. The van der Waals surface area contributed by atoms with Crippen molar-refractivity contribution in [2.24, 2.45) is 0 Å². The topological polar surface area (TPSA) is 110 Å². The van der Waals surface area contributed by atoms with E-state index in [1.165, 1.54) is 13.8 Å². The molecular formula is C32H36N2O6S. The summed E-state index contributed by atoms with van der Waals surface area (Å²) in [7, 11) is -3.45. The third-order valence-corrected chi connectivity index (χ3v) is 7.53. The zero-order valence-electron chi connectivity index (χ0n) is 24.3. The fraction of sp³-hybridized carbons (Fsp3) is 0.344. The summed E-state index contributed by atoms with van der Waals surface area (Å²) >= 11 is 0. The predicted octanol–water partition coefficient (Wildman–Crippen LogP) is 6.21. The molecule has 41 heavy (non-hydrogen) atoms. The SMILES string of the molecule is CC(=O)c1cc2c(cc1C(C)=O)C(Cc1ccc(-c3ccccc3NS(C)(=O)=O)cc1)N(C(=O)OC(C)(C)C)CC2. The maximum absolute atomic E-state index is 13.3. The Balaban J connectivity index is 1.73. The zero-order valence-corrected chi connectivity index (χ0v) is 25.1. The average molecular weight is 577 g/mol. The second-order valence-electron chi connectivity index (χ2n) is 11.5. The minimum atomic E-state index is -3.45. The van der Waals surface area contributed by atoms with Crippen LogP contribution < -0.4 is 4.72 Å². The van der Waals surface area contributed by atoms with Gasteiger partial charge in [-0.05, 0) is 87.9 Å². The van der Waals surface area contributed by atoms with E-state index < -0.39 is 27.8 Å². The quantitative estimate of drug-likeness (QED) is 0.335. The van der Waals surface area contributed by atoms with Crippen LogP contribution >= 0.6 is 0 Å². The average Bonchev–Trinajstić information content (AvgIpc) is 2.87. The van der Waals surface area contributed by atoms with E-state index in [1.54, 1.807) is 29.2 Å². The van der Waals surface area contributed by atoms with Gasteiger partial charge >= 0.3 is 6.09 Å². The Labute approximate surface area is 241 Å². The molecule has 0 saturated heterocycles. The van der Waals surface area contributed by atoms with E-state index in [1.807, 2.05) is 57.2 Å². The molecule has 0 saturated carbocycles.